The minimum Gasteiger partial charge on any atom is -0.359 e. The van der Waals surface area contributed by atoms with Gasteiger partial charge in [-0.25, -0.2) is 4.98 Å². The highest BCUT2D eigenvalue weighted by atomic mass is 32.1. The van der Waals surface area contributed by atoms with Gasteiger partial charge in [-0.1, -0.05) is 41.7 Å². The van der Waals surface area contributed by atoms with E-state index in [1.54, 1.807) is 11.3 Å². The van der Waals surface area contributed by atoms with Gasteiger partial charge in [-0.05, 0) is 47.9 Å². The molecule has 2 fully saturated rings. The van der Waals surface area contributed by atoms with Gasteiger partial charge in [0.25, 0.3) is 0 Å². The number of benzene rings is 1. The number of anilines is 1. The molecule has 3 aromatic rings. The molecule has 1 aliphatic carbocycles. The van der Waals surface area contributed by atoms with Crippen LogP contribution in [0, 0.1) is 11.8 Å². The van der Waals surface area contributed by atoms with Gasteiger partial charge in [-0.15, -0.1) is 0 Å². The lowest BCUT2D eigenvalue weighted by molar-refractivity contribution is 0.301. The van der Waals surface area contributed by atoms with Gasteiger partial charge in [0.15, 0.2) is 5.13 Å². The number of fused-ring (bicyclic) bond motifs is 1. The number of aromatic nitrogens is 2. The number of thiazole rings is 1. The Kier molecular flexibility index (Phi) is 4.64. The molecule has 0 spiro atoms. The first kappa shape index (κ1) is 16.9. The van der Waals surface area contributed by atoms with Crippen molar-refractivity contribution in [3.05, 3.63) is 66.6 Å². The summed E-state index contributed by atoms with van der Waals surface area (Å²) in [5.74, 6) is 1.63. The van der Waals surface area contributed by atoms with Crippen molar-refractivity contribution in [2.45, 2.75) is 25.4 Å². The molecule has 0 radical (unpaired) electrons. The third-order valence-electron chi connectivity index (χ3n) is 5.87. The van der Waals surface area contributed by atoms with Crippen LogP contribution in [0.4, 0.5) is 5.13 Å². The Balaban J connectivity index is 0.00000192. The van der Waals surface area contributed by atoms with E-state index in [4.69, 9.17) is 0 Å². The fourth-order valence-corrected chi connectivity index (χ4v) is 5.54. The van der Waals surface area contributed by atoms with Crippen LogP contribution in [0.2, 0.25) is 0 Å². The van der Waals surface area contributed by atoms with Gasteiger partial charge in [0.1, 0.15) is 0 Å². The van der Waals surface area contributed by atoms with E-state index in [9.17, 15) is 0 Å². The summed E-state index contributed by atoms with van der Waals surface area (Å²) in [4.78, 5) is 12.6. The van der Waals surface area contributed by atoms with Gasteiger partial charge in [0.2, 0.25) is 0 Å². The van der Waals surface area contributed by atoms with Gasteiger partial charge in [-0.2, -0.15) is 0 Å². The lowest BCUT2D eigenvalue weighted by Crippen LogP contribution is -2.24. The topological polar surface area (TPSA) is 41.1 Å². The van der Waals surface area contributed by atoms with E-state index in [-0.39, 0.29) is 1.43 Å². The fourth-order valence-electron chi connectivity index (χ4n) is 4.64. The molecule has 3 atom stereocenters. The van der Waals surface area contributed by atoms with Crippen LogP contribution in [0.25, 0.3) is 10.4 Å². The van der Waals surface area contributed by atoms with Crippen molar-refractivity contribution in [3.8, 4) is 10.4 Å². The molecule has 5 rings (SSSR count). The molecule has 140 valence electrons. The second kappa shape index (κ2) is 7.41. The lowest BCUT2D eigenvalue weighted by atomic mass is 10.0. The van der Waals surface area contributed by atoms with Gasteiger partial charge in [-0.3, -0.25) is 9.88 Å². The second-order valence-corrected chi connectivity index (χ2v) is 8.81. The Morgan fingerprint density at radius 3 is 2.52 bits per heavy atom. The van der Waals surface area contributed by atoms with E-state index in [1.165, 1.54) is 41.9 Å². The Hall–Kier alpha value is -2.24. The SMILES string of the molecule is [HH].c1ccc(-c2cnc(NC3C[C@@H]4CN(Cc5ccncc5)C[C@@H]4C3)s2)cc1. The zero-order valence-electron chi connectivity index (χ0n) is 15.3. The van der Waals surface area contributed by atoms with Crippen molar-refractivity contribution in [2.75, 3.05) is 18.4 Å². The maximum Gasteiger partial charge on any atom is 0.183 e. The van der Waals surface area contributed by atoms with Crippen LogP contribution in [-0.4, -0.2) is 34.0 Å². The van der Waals surface area contributed by atoms with Gasteiger partial charge in [0.05, 0.1) is 4.88 Å². The average Bonchev–Trinajstić information content (AvgIpc) is 3.39. The Bertz CT molecular complexity index is 872. The van der Waals surface area contributed by atoms with Crippen LogP contribution < -0.4 is 5.32 Å². The van der Waals surface area contributed by atoms with E-state index in [0.717, 1.165) is 23.5 Å². The Morgan fingerprint density at radius 1 is 1.04 bits per heavy atom. The number of likely N-dealkylation sites (tertiary alicyclic amines) is 1. The van der Waals surface area contributed by atoms with Crippen molar-refractivity contribution in [3.63, 3.8) is 0 Å². The van der Waals surface area contributed by atoms with Crippen LogP contribution in [0.15, 0.2) is 61.1 Å². The van der Waals surface area contributed by atoms with Crippen molar-refractivity contribution in [1.29, 1.82) is 0 Å². The van der Waals surface area contributed by atoms with E-state index in [0.29, 0.717) is 6.04 Å². The summed E-state index contributed by atoms with van der Waals surface area (Å²) in [7, 11) is 0. The molecule has 0 amide bonds. The number of nitrogens with zero attached hydrogens (tertiary/aromatic N) is 3. The molecule has 1 N–H and O–H groups in total. The highest BCUT2D eigenvalue weighted by Crippen LogP contribution is 2.40. The molecule has 1 saturated heterocycles. The molecule has 5 heteroatoms. The van der Waals surface area contributed by atoms with Crippen LogP contribution >= 0.6 is 11.3 Å². The van der Waals surface area contributed by atoms with E-state index in [2.05, 4.69) is 62.6 Å². The highest BCUT2D eigenvalue weighted by Gasteiger charge is 2.40. The van der Waals surface area contributed by atoms with Crippen molar-refractivity contribution >= 4 is 16.5 Å². The average molecular weight is 379 g/mol. The molecule has 4 nitrogen and oxygen atoms in total. The first-order valence-electron chi connectivity index (χ1n) is 9.72. The number of nitrogens with one attached hydrogen (secondary N) is 1. The molecule has 1 unspecified atom stereocenters. The first-order chi connectivity index (χ1) is 13.3. The minimum atomic E-state index is 0. The van der Waals surface area contributed by atoms with Gasteiger partial charge in [0, 0.05) is 45.7 Å². The first-order valence-corrected chi connectivity index (χ1v) is 10.5. The molecule has 0 bridgehead atoms. The summed E-state index contributed by atoms with van der Waals surface area (Å²) in [5.41, 5.74) is 2.62. The van der Waals surface area contributed by atoms with Gasteiger partial charge < -0.3 is 5.32 Å². The number of hydrogen-bond donors (Lipinski definition) is 1. The molecule has 27 heavy (non-hydrogen) atoms. The second-order valence-electron chi connectivity index (χ2n) is 7.78. The van der Waals surface area contributed by atoms with Crippen molar-refractivity contribution in [2.24, 2.45) is 11.8 Å². The van der Waals surface area contributed by atoms with Crippen LogP contribution in [-0.2, 0) is 6.54 Å². The Labute approximate surface area is 165 Å². The maximum atomic E-state index is 4.61. The summed E-state index contributed by atoms with van der Waals surface area (Å²) in [5, 5.41) is 4.77. The predicted molar refractivity (Wildman–Crippen MR) is 113 cm³/mol. The number of rotatable bonds is 5. The van der Waals surface area contributed by atoms with E-state index in [1.807, 2.05) is 18.6 Å². The standard InChI is InChI=1S/C22H24N4S.H2/c1-2-4-17(5-3-1)21-12-24-22(27-21)25-20-10-18-14-26(15-19(18)11-20)13-16-6-8-23-9-7-16;/h1-9,12,18-20H,10-11,13-15H2,(H,24,25);1H/t18-,19+,20?;. The Morgan fingerprint density at radius 2 is 1.78 bits per heavy atom. The zero-order chi connectivity index (χ0) is 18.1. The molecule has 3 heterocycles. The summed E-state index contributed by atoms with van der Waals surface area (Å²) in [6.07, 6.45) is 8.30. The molecular weight excluding hydrogens is 352 g/mol. The van der Waals surface area contributed by atoms with Gasteiger partial charge >= 0.3 is 0 Å². The summed E-state index contributed by atoms with van der Waals surface area (Å²) in [6.45, 7) is 3.50. The molecule has 2 aromatic heterocycles. The lowest BCUT2D eigenvalue weighted by Gasteiger charge is -2.19. The smallest absolute Gasteiger partial charge is 0.183 e. The predicted octanol–water partition coefficient (Wildman–Crippen LogP) is 4.77. The summed E-state index contributed by atoms with van der Waals surface area (Å²) < 4.78 is 0. The highest BCUT2D eigenvalue weighted by molar-refractivity contribution is 7.18. The van der Waals surface area contributed by atoms with Crippen LogP contribution in [0.5, 0.6) is 0 Å². The molecule has 2 aliphatic rings. The molecule has 1 saturated carbocycles. The van der Waals surface area contributed by atoms with Crippen LogP contribution in [0.1, 0.15) is 19.8 Å². The normalized spacial score (nSPS) is 24.8. The largest absolute Gasteiger partial charge is 0.359 e. The zero-order valence-corrected chi connectivity index (χ0v) is 16.1. The van der Waals surface area contributed by atoms with E-state index >= 15 is 0 Å². The molecular formula is C22H26N4S. The monoisotopic (exact) mass is 378 g/mol. The molecule has 1 aromatic carbocycles. The maximum absolute atomic E-state index is 4.61. The third kappa shape index (κ3) is 3.75. The third-order valence-corrected chi connectivity index (χ3v) is 6.85. The quantitative estimate of drug-likeness (QED) is 0.694. The van der Waals surface area contributed by atoms with Crippen LogP contribution in [0.3, 0.4) is 0 Å². The summed E-state index contributed by atoms with van der Waals surface area (Å²) >= 11 is 1.76. The molecule has 1 aliphatic heterocycles. The number of pyridine rings is 1. The van der Waals surface area contributed by atoms with Crippen molar-refractivity contribution < 1.29 is 1.43 Å². The van der Waals surface area contributed by atoms with E-state index < -0.39 is 0 Å². The summed E-state index contributed by atoms with van der Waals surface area (Å²) in [6, 6.07) is 15.3. The number of hydrogen-bond acceptors (Lipinski definition) is 5. The minimum absolute atomic E-state index is 0. The van der Waals surface area contributed by atoms with Crippen molar-refractivity contribution in [1.82, 2.24) is 14.9 Å². The fraction of sp³-hybridized carbons (Fsp3) is 0.364.